The number of hydrogen-bond acceptors (Lipinski definition) is 2. The van der Waals surface area contributed by atoms with E-state index in [4.69, 9.17) is 17.2 Å². The van der Waals surface area contributed by atoms with Crippen molar-refractivity contribution in [3.8, 4) is 0 Å². The van der Waals surface area contributed by atoms with E-state index in [1.165, 1.54) is 0 Å². The molecule has 58 valence electrons. The van der Waals surface area contributed by atoms with Gasteiger partial charge in [0.15, 0.2) is 5.96 Å². The van der Waals surface area contributed by atoms with Gasteiger partial charge in [0.2, 0.25) is 5.91 Å². The van der Waals surface area contributed by atoms with Gasteiger partial charge in [-0.05, 0) is 13.0 Å². The van der Waals surface area contributed by atoms with Crippen molar-refractivity contribution in [2.24, 2.45) is 22.2 Å². The molecule has 6 N–H and O–H groups in total. The van der Waals surface area contributed by atoms with Crippen LogP contribution in [0.2, 0.25) is 0 Å². The van der Waals surface area contributed by atoms with Crippen LogP contribution in [0.3, 0.4) is 0 Å². The molecule has 0 rings (SSSR count). The highest BCUT2D eigenvalue weighted by molar-refractivity contribution is 5.91. The molecule has 0 fully saturated rings. The Balaban J connectivity index is 3.54. The van der Waals surface area contributed by atoms with Crippen molar-refractivity contribution >= 4 is 11.9 Å². The lowest BCUT2D eigenvalue weighted by Crippen LogP contribution is -2.24. The van der Waals surface area contributed by atoms with Crippen LogP contribution in [0.4, 0.5) is 0 Å². The van der Waals surface area contributed by atoms with Gasteiger partial charge < -0.3 is 17.2 Å². The molecule has 5 heteroatoms. The summed E-state index contributed by atoms with van der Waals surface area (Å²) in [5.41, 5.74) is 15.0. The van der Waals surface area contributed by atoms with E-state index in [0.717, 1.165) is 0 Å². The summed E-state index contributed by atoms with van der Waals surface area (Å²) >= 11 is 0. The fourth-order valence-electron chi connectivity index (χ4n) is 0.453. The number of amides is 1. The van der Waals surface area contributed by atoms with E-state index in [0.29, 0.717) is 19.4 Å². The molecule has 0 atom stereocenters. The van der Waals surface area contributed by atoms with Gasteiger partial charge in [-0.2, -0.15) is 4.99 Å². The summed E-state index contributed by atoms with van der Waals surface area (Å²) < 4.78 is 0. The Morgan fingerprint density at radius 1 is 1.40 bits per heavy atom. The molecule has 0 aromatic rings. The van der Waals surface area contributed by atoms with Crippen molar-refractivity contribution in [2.45, 2.75) is 12.8 Å². The molecule has 10 heavy (non-hydrogen) atoms. The van der Waals surface area contributed by atoms with Crippen LogP contribution < -0.4 is 17.2 Å². The number of rotatable bonds is 3. The molecule has 0 spiro atoms. The lowest BCUT2D eigenvalue weighted by molar-refractivity contribution is -0.117. The lowest BCUT2D eigenvalue weighted by atomic mass is 10.3. The fourth-order valence-corrected chi connectivity index (χ4v) is 0.453. The number of carbonyl (C=O) groups excluding carboxylic acids is 1. The molecule has 1 amide bonds. The first-order valence-corrected chi connectivity index (χ1v) is 2.99. The van der Waals surface area contributed by atoms with Crippen LogP contribution in [-0.4, -0.2) is 18.4 Å². The van der Waals surface area contributed by atoms with Crippen molar-refractivity contribution in [1.82, 2.24) is 0 Å². The number of carbonyl (C=O) groups is 1. The summed E-state index contributed by atoms with van der Waals surface area (Å²) in [5, 5.41) is 0. The molecule has 0 unspecified atom stereocenters. The summed E-state index contributed by atoms with van der Waals surface area (Å²) in [5.74, 6) is -0.507. The average Bonchev–Trinajstić information content (AvgIpc) is 1.82. The van der Waals surface area contributed by atoms with Crippen LogP contribution in [-0.2, 0) is 4.79 Å². The van der Waals surface area contributed by atoms with E-state index in [2.05, 4.69) is 4.99 Å². The first kappa shape index (κ1) is 8.90. The summed E-state index contributed by atoms with van der Waals surface area (Å²) in [4.78, 5) is 13.9. The summed E-state index contributed by atoms with van der Waals surface area (Å²) in [6, 6.07) is 0. The van der Waals surface area contributed by atoms with Gasteiger partial charge in [0.1, 0.15) is 0 Å². The largest absolute Gasteiger partial charge is 0.370 e. The predicted octanol–water partition coefficient (Wildman–Crippen LogP) is -1.47. The highest BCUT2D eigenvalue weighted by atomic mass is 16.1. The second-order valence-electron chi connectivity index (χ2n) is 1.82. The van der Waals surface area contributed by atoms with Gasteiger partial charge in [-0.1, -0.05) is 0 Å². The summed E-state index contributed by atoms with van der Waals surface area (Å²) in [6.45, 7) is 0.478. The van der Waals surface area contributed by atoms with Crippen LogP contribution >= 0.6 is 0 Å². The van der Waals surface area contributed by atoms with Crippen LogP contribution in [0, 0.1) is 0 Å². The van der Waals surface area contributed by atoms with Gasteiger partial charge >= 0.3 is 0 Å². The molecule has 0 aliphatic rings. The second-order valence-corrected chi connectivity index (χ2v) is 1.82. The van der Waals surface area contributed by atoms with E-state index in [-0.39, 0.29) is 11.9 Å². The van der Waals surface area contributed by atoms with Crippen molar-refractivity contribution < 1.29 is 4.79 Å². The zero-order valence-corrected chi connectivity index (χ0v) is 5.71. The minimum absolute atomic E-state index is 0.193. The normalized spacial score (nSPS) is 8.90. The van der Waals surface area contributed by atoms with E-state index in [9.17, 15) is 4.79 Å². The predicted molar refractivity (Wildman–Crippen MR) is 39.1 cm³/mol. The highest BCUT2D eigenvalue weighted by Crippen LogP contribution is 1.88. The van der Waals surface area contributed by atoms with Gasteiger partial charge in [-0.15, -0.1) is 0 Å². The second kappa shape index (κ2) is 4.75. The van der Waals surface area contributed by atoms with Crippen LogP contribution in [0.15, 0.2) is 4.99 Å². The zero-order valence-electron chi connectivity index (χ0n) is 5.71. The molecular weight excluding hydrogens is 132 g/mol. The molecule has 0 aromatic carbocycles. The summed E-state index contributed by atoms with van der Waals surface area (Å²) in [6.07, 6.45) is 0.935. The third-order valence-corrected chi connectivity index (χ3v) is 0.849. The van der Waals surface area contributed by atoms with Gasteiger partial charge in [0.05, 0.1) is 0 Å². The monoisotopic (exact) mass is 144 g/mol. The molecular formula is C5H12N4O. The number of guanidine groups is 1. The SMILES string of the molecule is NCCCC(=O)N=C(N)N. The number of hydrogen-bond donors (Lipinski definition) is 3. The quantitative estimate of drug-likeness (QED) is 0.332. The van der Waals surface area contributed by atoms with Gasteiger partial charge in [0, 0.05) is 6.42 Å². The molecule has 0 bridgehead atoms. The van der Waals surface area contributed by atoms with Crippen molar-refractivity contribution in [1.29, 1.82) is 0 Å². The van der Waals surface area contributed by atoms with E-state index in [1.807, 2.05) is 0 Å². The molecule has 0 aliphatic heterocycles. The molecule has 0 heterocycles. The van der Waals surface area contributed by atoms with Crippen molar-refractivity contribution in [3.05, 3.63) is 0 Å². The topological polar surface area (TPSA) is 107 Å². The maximum atomic E-state index is 10.6. The number of aliphatic imine (C=N–C) groups is 1. The Labute approximate surface area is 59.3 Å². The lowest BCUT2D eigenvalue weighted by Gasteiger charge is -1.91. The number of nitrogens with two attached hydrogens (primary N) is 3. The molecule has 0 radical (unpaired) electrons. The van der Waals surface area contributed by atoms with E-state index in [1.54, 1.807) is 0 Å². The Kier molecular flexibility index (Phi) is 4.23. The molecule has 0 aromatic heterocycles. The first-order chi connectivity index (χ1) is 4.66. The maximum Gasteiger partial charge on any atom is 0.248 e. The summed E-state index contributed by atoms with van der Waals surface area (Å²) in [7, 11) is 0. The van der Waals surface area contributed by atoms with Gasteiger partial charge in [0.25, 0.3) is 0 Å². The third-order valence-electron chi connectivity index (χ3n) is 0.849. The average molecular weight is 144 g/mol. The van der Waals surface area contributed by atoms with Crippen LogP contribution in [0.5, 0.6) is 0 Å². The standard InChI is InChI=1S/C5H12N4O/c6-3-1-2-4(10)9-5(7)8/h1-3,6H2,(H4,7,8,9,10). The fraction of sp³-hybridized carbons (Fsp3) is 0.600. The first-order valence-electron chi connectivity index (χ1n) is 2.99. The zero-order chi connectivity index (χ0) is 7.98. The van der Waals surface area contributed by atoms with E-state index >= 15 is 0 Å². The van der Waals surface area contributed by atoms with Crippen molar-refractivity contribution in [3.63, 3.8) is 0 Å². The minimum atomic E-state index is -0.314. The maximum absolute atomic E-state index is 10.6. The highest BCUT2D eigenvalue weighted by Gasteiger charge is 1.96. The van der Waals surface area contributed by atoms with E-state index < -0.39 is 0 Å². The third kappa shape index (κ3) is 5.04. The number of nitrogens with zero attached hydrogens (tertiary/aromatic N) is 1. The van der Waals surface area contributed by atoms with Gasteiger partial charge in [-0.3, -0.25) is 4.79 Å². The molecule has 5 nitrogen and oxygen atoms in total. The van der Waals surface area contributed by atoms with Crippen LogP contribution in [0.1, 0.15) is 12.8 Å². The Morgan fingerprint density at radius 3 is 2.40 bits per heavy atom. The molecule has 0 aliphatic carbocycles. The van der Waals surface area contributed by atoms with Crippen molar-refractivity contribution in [2.75, 3.05) is 6.54 Å². The van der Waals surface area contributed by atoms with Gasteiger partial charge in [-0.25, -0.2) is 0 Å². The smallest absolute Gasteiger partial charge is 0.248 e. The molecule has 0 saturated heterocycles. The Morgan fingerprint density at radius 2 is 2.00 bits per heavy atom. The Hall–Kier alpha value is -1.10. The van der Waals surface area contributed by atoms with Crippen LogP contribution in [0.25, 0.3) is 0 Å². The minimum Gasteiger partial charge on any atom is -0.370 e. The Bertz CT molecular complexity index is 139. The molecule has 0 saturated carbocycles.